The van der Waals surface area contributed by atoms with Gasteiger partial charge in [0.1, 0.15) is 0 Å². The molecule has 0 aliphatic heterocycles. The molecule has 0 aliphatic carbocycles. The van der Waals surface area contributed by atoms with E-state index in [0.29, 0.717) is 28.0 Å². The number of aromatic nitrogens is 3. The maximum absolute atomic E-state index is 12.3. The average Bonchev–Trinajstić information content (AvgIpc) is 2.98. The van der Waals surface area contributed by atoms with Gasteiger partial charge in [0.2, 0.25) is 5.91 Å². The summed E-state index contributed by atoms with van der Waals surface area (Å²) in [4.78, 5) is 13.8. The molecule has 7 heteroatoms. The number of nitrogens with zero attached hydrogens (tertiary/aromatic N) is 4. The lowest BCUT2D eigenvalue weighted by Gasteiger charge is -2.13. The monoisotopic (exact) mass is 360 g/mol. The molecule has 1 aromatic carbocycles. The Balaban J connectivity index is 1.73. The number of amides is 1. The molecule has 3 aromatic rings. The molecule has 3 rings (SSSR count). The summed E-state index contributed by atoms with van der Waals surface area (Å²) in [5, 5.41) is 9.29. The Kier molecular flexibility index (Phi) is 4.83. The summed E-state index contributed by atoms with van der Waals surface area (Å²) in [5.74, 6) is 0.523. The molecule has 24 heavy (non-hydrogen) atoms. The average molecular weight is 361 g/mol. The van der Waals surface area contributed by atoms with Crippen LogP contribution in [-0.4, -0.2) is 32.5 Å². The normalized spacial score (nSPS) is 11.3. The van der Waals surface area contributed by atoms with Crippen molar-refractivity contribution in [2.24, 2.45) is 0 Å². The summed E-state index contributed by atoms with van der Waals surface area (Å²) >= 11 is 12.0. The van der Waals surface area contributed by atoms with E-state index in [1.54, 1.807) is 36.2 Å². The number of rotatable bonds is 4. The molecule has 122 valence electrons. The van der Waals surface area contributed by atoms with Crippen molar-refractivity contribution in [3.8, 4) is 0 Å². The van der Waals surface area contributed by atoms with Gasteiger partial charge in [-0.1, -0.05) is 29.3 Å². The second-order valence-electron chi connectivity index (χ2n) is 5.24. The van der Waals surface area contributed by atoms with Crippen molar-refractivity contribution in [1.29, 1.82) is 0 Å². The first kappa shape index (κ1) is 16.5. The lowest BCUT2D eigenvalue weighted by atomic mass is 10.2. The number of carbonyl (C=O) groups is 1. The molecule has 0 atom stereocenters. The Labute approximate surface area is 149 Å². The predicted octanol–water partition coefficient (Wildman–Crippen LogP) is 3.71. The molecule has 0 radical (unpaired) electrons. The lowest BCUT2D eigenvalue weighted by Crippen LogP contribution is -2.25. The fourth-order valence-corrected chi connectivity index (χ4v) is 2.58. The van der Waals surface area contributed by atoms with Crippen LogP contribution in [0, 0.1) is 0 Å². The minimum absolute atomic E-state index is 0.168. The molecule has 0 spiro atoms. The van der Waals surface area contributed by atoms with Gasteiger partial charge in [-0.2, -0.15) is 0 Å². The van der Waals surface area contributed by atoms with Crippen molar-refractivity contribution in [1.82, 2.24) is 19.5 Å². The second kappa shape index (κ2) is 7.03. The van der Waals surface area contributed by atoms with Crippen molar-refractivity contribution in [3.63, 3.8) is 0 Å². The summed E-state index contributed by atoms with van der Waals surface area (Å²) in [6.45, 7) is 0.345. The summed E-state index contributed by atoms with van der Waals surface area (Å²) in [6.07, 6.45) is 4.97. The molecule has 1 amide bonds. The van der Waals surface area contributed by atoms with Gasteiger partial charge in [0.05, 0.1) is 6.54 Å². The largest absolute Gasteiger partial charge is 0.335 e. The number of benzene rings is 1. The fourth-order valence-electron chi connectivity index (χ4n) is 2.22. The molecule has 5 nitrogen and oxygen atoms in total. The summed E-state index contributed by atoms with van der Waals surface area (Å²) in [6, 6.07) is 10.7. The van der Waals surface area contributed by atoms with Gasteiger partial charge in [0.15, 0.2) is 11.5 Å². The summed E-state index contributed by atoms with van der Waals surface area (Å²) in [7, 11) is 1.70. The zero-order valence-corrected chi connectivity index (χ0v) is 14.4. The van der Waals surface area contributed by atoms with E-state index in [-0.39, 0.29) is 5.91 Å². The molecule has 2 heterocycles. The van der Waals surface area contributed by atoms with E-state index in [4.69, 9.17) is 23.2 Å². The number of hydrogen-bond donors (Lipinski definition) is 0. The summed E-state index contributed by atoms with van der Waals surface area (Å²) in [5.41, 5.74) is 1.44. The molecule has 0 unspecified atom stereocenters. The van der Waals surface area contributed by atoms with Crippen molar-refractivity contribution in [3.05, 3.63) is 70.1 Å². The van der Waals surface area contributed by atoms with Crippen molar-refractivity contribution < 1.29 is 4.79 Å². The van der Waals surface area contributed by atoms with Gasteiger partial charge in [-0.15, -0.1) is 10.2 Å². The zero-order valence-electron chi connectivity index (χ0n) is 12.9. The Morgan fingerprint density at radius 1 is 1.25 bits per heavy atom. The fraction of sp³-hybridized carbons (Fsp3) is 0.118. The van der Waals surface area contributed by atoms with Crippen LogP contribution in [0.1, 0.15) is 11.4 Å². The predicted molar refractivity (Wildman–Crippen MR) is 95.0 cm³/mol. The molecule has 0 aliphatic rings. The third-order valence-electron chi connectivity index (χ3n) is 3.50. The first-order chi connectivity index (χ1) is 11.5. The second-order valence-corrected chi connectivity index (χ2v) is 6.08. The van der Waals surface area contributed by atoms with Crippen LogP contribution in [0.3, 0.4) is 0 Å². The van der Waals surface area contributed by atoms with Crippen LogP contribution >= 0.6 is 23.2 Å². The molecule has 0 fully saturated rings. The van der Waals surface area contributed by atoms with Crippen LogP contribution in [0.25, 0.3) is 11.7 Å². The van der Waals surface area contributed by atoms with E-state index < -0.39 is 0 Å². The maximum atomic E-state index is 12.3. The molecular weight excluding hydrogens is 347 g/mol. The first-order valence-corrected chi connectivity index (χ1v) is 7.97. The Hall–Kier alpha value is -2.37. The Morgan fingerprint density at radius 2 is 2.08 bits per heavy atom. The molecule has 0 saturated carbocycles. The first-order valence-electron chi connectivity index (χ1n) is 7.21. The van der Waals surface area contributed by atoms with Gasteiger partial charge in [-0.3, -0.25) is 9.20 Å². The highest BCUT2D eigenvalue weighted by Gasteiger charge is 2.11. The van der Waals surface area contributed by atoms with Crippen LogP contribution in [0.4, 0.5) is 0 Å². The van der Waals surface area contributed by atoms with E-state index in [0.717, 1.165) is 5.65 Å². The van der Waals surface area contributed by atoms with Crippen molar-refractivity contribution >= 4 is 40.8 Å². The van der Waals surface area contributed by atoms with Gasteiger partial charge >= 0.3 is 0 Å². The number of fused-ring (bicyclic) bond motifs is 1. The minimum Gasteiger partial charge on any atom is -0.335 e. The van der Waals surface area contributed by atoms with E-state index in [2.05, 4.69) is 10.2 Å². The van der Waals surface area contributed by atoms with E-state index in [9.17, 15) is 4.79 Å². The van der Waals surface area contributed by atoms with Gasteiger partial charge in [0, 0.05) is 29.4 Å². The van der Waals surface area contributed by atoms with E-state index in [1.807, 2.05) is 28.8 Å². The van der Waals surface area contributed by atoms with Gasteiger partial charge < -0.3 is 4.90 Å². The number of pyridine rings is 1. The Morgan fingerprint density at radius 3 is 2.92 bits per heavy atom. The van der Waals surface area contributed by atoms with Crippen LogP contribution in [0.2, 0.25) is 10.0 Å². The van der Waals surface area contributed by atoms with E-state index >= 15 is 0 Å². The third-order valence-corrected chi connectivity index (χ3v) is 4.08. The standard InChI is InChI=1S/C17H14Cl2N4O/c1-22(11-16-21-20-15-4-2-3-9-23(15)16)17(24)8-5-12-10-13(18)6-7-14(12)19/h2-10H,11H2,1H3/b8-5-. The molecule has 2 aromatic heterocycles. The molecular formula is C17H14Cl2N4O. The van der Waals surface area contributed by atoms with Crippen molar-refractivity contribution in [2.75, 3.05) is 7.05 Å². The van der Waals surface area contributed by atoms with Gasteiger partial charge in [-0.25, -0.2) is 0 Å². The molecule has 0 N–H and O–H groups in total. The smallest absolute Gasteiger partial charge is 0.246 e. The van der Waals surface area contributed by atoms with E-state index in [1.165, 1.54) is 6.08 Å². The van der Waals surface area contributed by atoms with Crippen LogP contribution < -0.4 is 0 Å². The maximum Gasteiger partial charge on any atom is 0.246 e. The van der Waals surface area contributed by atoms with Crippen molar-refractivity contribution in [2.45, 2.75) is 6.54 Å². The quantitative estimate of drug-likeness (QED) is 0.666. The number of carbonyl (C=O) groups excluding carboxylic acids is 1. The van der Waals surface area contributed by atoms with Gasteiger partial charge in [0.25, 0.3) is 0 Å². The number of halogens is 2. The van der Waals surface area contributed by atoms with Gasteiger partial charge in [-0.05, 0) is 42.0 Å². The van der Waals surface area contributed by atoms with Crippen LogP contribution in [0.5, 0.6) is 0 Å². The highest BCUT2D eigenvalue weighted by atomic mass is 35.5. The zero-order chi connectivity index (χ0) is 17.1. The topological polar surface area (TPSA) is 50.5 Å². The highest BCUT2D eigenvalue weighted by Crippen LogP contribution is 2.21. The van der Waals surface area contributed by atoms with Crippen LogP contribution in [-0.2, 0) is 11.3 Å². The number of likely N-dealkylation sites (N-methyl/N-ethyl adjacent to an activating group) is 1. The lowest BCUT2D eigenvalue weighted by molar-refractivity contribution is -0.125. The Bertz CT molecular complexity index is 920. The third kappa shape index (κ3) is 3.58. The molecule has 0 bridgehead atoms. The molecule has 0 saturated heterocycles. The minimum atomic E-state index is -0.168. The van der Waals surface area contributed by atoms with Crippen LogP contribution in [0.15, 0.2) is 48.7 Å². The number of hydrogen-bond acceptors (Lipinski definition) is 3. The highest BCUT2D eigenvalue weighted by molar-refractivity contribution is 6.34. The SMILES string of the molecule is CN(Cc1nnc2ccccn12)C(=O)/C=C\c1cc(Cl)ccc1Cl. The summed E-state index contributed by atoms with van der Waals surface area (Å²) < 4.78 is 1.85.